The van der Waals surface area contributed by atoms with Gasteiger partial charge in [0.2, 0.25) is 0 Å². The lowest BCUT2D eigenvalue weighted by Gasteiger charge is -2.05. The summed E-state index contributed by atoms with van der Waals surface area (Å²) in [6.07, 6.45) is 2.09. The van der Waals surface area contributed by atoms with Crippen LogP contribution in [0, 0.1) is 6.08 Å². The minimum Gasteiger partial charge on any atom is -0.341 e. The molecule has 0 atom stereocenters. The van der Waals surface area contributed by atoms with Gasteiger partial charge in [-0.05, 0) is 23.9 Å². The topological polar surface area (TPSA) is 97.5 Å². The number of fused-ring (bicyclic) bond motifs is 6. The Morgan fingerprint density at radius 3 is 2.70 bits per heavy atom. The number of halogens is 1. The molecule has 7 aromatic rings. The van der Waals surface area contributed by atoms with E-state index in [4.69, 9.17) is 0 Å². The molecule has 0 radical (unpaired) electrons. The van der Waals surface area contributed by atoms with Crippen LogP contribution in [0.15, 0.2) is 71.4 Å². The molecule has 0 amide bonds. The van der Waals surface area contributed by atoms with Crippen LogP contribution < -0.4 is 0 Å². The summed E-state index contributed by atoms with van der Waals surface area (Å²) in [5.74, 6) is 0.264. The Hall–Kier alpha value is -3.96. The second-order valence-corrected chi connectivity index (χ2v) is 9.18. The van der Waals surface area contributed by atoms with E-state index >= 15 is 0 Å². The third-order valence-corrected chi connectivity index (χ3v) is 7.36. The van der Waals surface area contributed by atoms with E-state index in [-0.39, 0.29) is 11.0 Å². The number of thiazole rings is 1. The average Bonchev–Trinajstić information content (AvgIpc) is 3.52. The third kappa shape index (κ3) is 2.82. The summed E-state index contributed by atoms with van der Waals surface area (Å²) in [5.41, 5.74) is 2.92. The van der Waals surface area contributed by atoms with Crippen LogP contribution in [0.2, 0.25) is 0 Å². The first kappa shape index (κ1) is 18.6. The normalized spacial score (nSPS) is 11.9. The summed E-state index contributed by atoms with van der Waals surface area (Å²) >= 11 is 2.82. The minimum atomic E-state index is -0.851. The van der Waals surface area contributed by atoms with Crippen molar-refractivity contribution in [3.63, 3.8) is 0 Å². The summed E-state index contributed by atoms with van der Waals surface area (Å²) in [5, 5.41) is 2.78. The number of hydrogen-bond acceptors (Lipinski definition) is 8. The number of para-hydroxylation sites is 1. The lowest BCUT2D eigenvalue weighted by atomic mass is 10.2. The number of hydrogen-bond donors (Lipinski definition) is 1. The van der Waals surface area contributed by atoms with Crippen LogP contribution in [-0.2, 0) is 0 Å². The highest BCUT2D eigenvalue weighted by Gasteiger charge is 2.21. The molecule has 0 unspecified atom stereocenters. The molecule has 7 rings (SSSR count). The highest BCUT2D eigenvalue weighted by Crippen LogP contribution is 2.40. The molecule has 0 spiro atoms. The summed E-state index contributed by atoms with van der Waals surface area (Å²) in [6, 6.07) is 16.1. The average molecular weight is 471 g/mol. The highest BCUT2D eigenvalue weighted by molar-refractivity contribution is 7.99. The number of nitrogens with zero attached hydrogens (tertiary/aromatic N) is 7. The Labute approximate surface area is 192 Å². The molecule has 0 aliphatic carbocycles. The van der Waals surface area contributed by atoms with Gasteiger partial charge < -0.3 is 4.98 Å². The highest BCUT2D eigenvalue weighted by atomic mass is 32.2. The van der Waals surface area contributed by atoms with Crippen molar-refractivity contribution >= 4 is 60.1 Å². The predicted octanol–water partition coefficient (Wildman–Crippen LogP) is 5.12. The van der Waals surface area contributed by atoms with E-state index in [1.807, 2.05) is 36.4 Å². The number of imidazole rings is 1. The van der Waals surface area contributed by atoms with E-state index < -0.39 is 6.08 Å². The van der Waals surface area contributed by atoms with E-state index in [1.165, 1.54) is 12.7 Å². The first-order chi connectivity index (χ1) is 16.3. The molecule has 0 bridgehead atoms. The van der Waals surface area contributed by atoms with Crippen molar-refractivity contribution in [2.75, 3.05) is 0 Å². The van der Waals surface area contributed by atoms with Crippen LogP contribution in [0.4, 0.5) is 4.39 Å². The second kappa shape index (κ2) is 7.02. The number of nitrogens with one attached hydrogen (secondary N) is 1. The second-order valence-electron chi connectivity index (χ2n) is 7.20. The van der Waals surface area contributed by atoms with Crippen LogP contribution in [0.25, 0.3) is 48.5 Å². The standard InChI is InChI=1S/C22H11FN8S2/c23-21-28-18(29-22(30-21)33-19-15-17(25-9-24-15)26-10-27-19)16-11-5-1-2-6-12(11)20-31(16)13-7-3-4-8-14(13)32-20/h1-10H,(H,24,25,26,27). The quantitative estimate of drug-likeness (QED) is 0.358. The van der Waals surface area contributed by atoms with Crippen LogP contribution in [-0.4, -0.2) is 39.3 Å². The van der Waals surface area contributed by atoms with Crippen molar-refractivity contribution in [3.05, 3.63) is 67.3 Å². The predicted molar refractivity (Wildman–Crippen MR) is 125 cm³/mol. The molecule has 158 valence electrons. The Bertz CT molecular complexity index is 1830. The van der Waals surface area contributed by atoms with Crippen molar-refractivity contribution in [1.82, 2.24) is 39.3 Å². The van der Waals surface area contributed by atoms with Gasteiger partial charge in [-0.15, -0.1) is 11.3 Å². The van der Waals surface area contributed by atoms with Gasteiger partial charge in [-0.3, -0.25) is 4.40 Å². The molecule has 5 aromatic heterocycles. The van der Waals surface area contributed by atoms with Crippen molar-refractivity contribution in [2.24, 2.45) is 0 Å². The van der Waals surface area contributed by atoms with Gasteiger partial charge in [0.1, 0.15) is 27.4 Å². The minimum absolute atomic E-state index is 0.200. The lowest BCUT2D eigenvalue weighted by molar-refractivity contribution is 0.517. The largest absolute Gasteiger partial charge is 0.341 e. The summed E-state index contributed by atoms with van der Waals surface area (Å²) in [7, 11) is 0. The van der Waals surface area contributed by atoms with Gasteiger partial charge in [0, 0.05) is 10.8 Å². The van der Waals surface area contributed by atoms with Crippen molar-refractivity contribution in [2.45, 2.75) is 10.2 Å². The summed E-state index contributed by atoms with van der Waals surface area (Å²) in [4.78, 5) is 29.2. The molecule has 0 aliphatic rings. The van der Waals surface area contributed by atoms with E-state index in [1.54, 1.807) is 11.3 Å². The fourth-order valence-electron chi connectivity index (χ4n) is 3.99. The van der Waals surface area contributed by atoms with Crippen molar-refractivity contribution < 1.29 is 4.39 Å². The Morgan fingerprint density at radius 2 is 1.76 bits per heavy atom. The zero-order chi connectivity index (χ0) is 21.9. The van der Waals surface area contributed by atoms with Gasteiger partial charge in [0.15, 0.2) is 16.6 Å². The Balaban J connectivity index is 1.48. The van der Waals surface area contributed by atoms with Crippen LogP contribution in [0.1, 0.15) is 0 Å². The molecular weight excluding hydrogens is 459 g/mol. The van der Waals surface area contributed by atoms with Crippen LogP contribution in [0.3, 0.4) is 0 Å². The molecule has 0 fully saturated rings. The SMILES string of the molecule is Fc1nc(Sc2ncnc3nc[nH]c23)nc(-c2c3ccccc3c3sc4ccccc4n23)n1. The van der Waals surface area contributed by atoms with E-state index in [2.05, 4.69) is 51.4 Å². The maximum Gasteiger partial charge on any atom is 0.313 e. The first-order valence-electron chi connectivity index (χ1n) is 9.91. The molecule has 8 nitrogen and oxygen atoms in total. The maximum atomic E-state index is 14.7. The number of H-pyrrole nitrogens is 1. The van der Waals surface area contributed by atoms with Gasteiger partial charge in [0.05, 0.1) is 16.5 Å². The number of aromatic nitrogens is 8. The lowest BCUT2D eigenvalue weighted by Crippen LogP contribution is -2.01. The number of aromatic amines is 1. The fraction of sp³-hybridized carbons (Fsp3) is 0. The molecule has 33 heavy (non-hydrogen) atoms. The Morgan fingerprint density at radius 1 is 0.909 bits per heavy atom. The zero-order valence-electron chi connectivity index (χ0n) is 16.6. The van der Waals surface area contributed by atoms with E-state index in [9.17, 15) is 4.39 Å². The summed E-state index contributed by atoms with van der Waals surface area (Å²) in [6.45, 7) is 0. The van der Waals surface area contributed by atoms with Gasteiger partial charge in [-0.1, -0.05) is 36.4 Å². The molecule has 0 saturated carbocycles. The van der Waals surface area contributed by atoms with Crippen LogP contribution in [0.5, 0.6) is 0 Å². The fourth-order valence-corrected chi connectivity index (χ4v) is 5.96. The third-order valence-electron chi connectivity index (χ3n) is 5.33. The molecule has 0 saturated heterocycles. The van der Waals surface area contributed by atoms with Crippen molar-refractivity contribution in [3.8, 4) is 11.5 Å². The van der Waals surface area contributed by atoms with E-state index in [0.29, 0.717) is 16.2 Å². The van der Waals surface area contributed by atoms with E-state index in [0.717, 1.165) is 43.3 Å². The number of benzene rings is 2. The molecule has 0 aliphatic heterocycles. The molecule has 1 N–H and O–H groups in total. The first-order valence-corrected chi connectivity index (χ1v) is 11.5. The molecule has 2 aromatic carbocycles. The number of rotatable bonds is 3. The zero-order valence-corrected chi connectivity index (χ0v) is 18.2. The van der Waals surface area contributed by atoms with Gasteiger partial charge in [-0.25, -0.2) is 19.9 Å². The van der Waals surface area contributed by atoms with Crippen molar-refractivity contribution in [1.29, 1.82) is 0 Å². The smallest absolute Gasteiger partial charge is 0.313 e. The molecular formula is C22H11FN8S2. The van der Waals surface area contributed by atoms with Gasteiger partial charge >= 0.3 is 6.08 Å². The maximum absolute atomic E-state index is 14.7. The monoisotopic (exact) mass is 470 g/mol. The summed E-state index contributed by atoms with van der Waals surface area (Å²) < 4.78 is 17.9. The molecule has 11 heteroatoms. The Kier molecular flexibility index (Phi) is 3.96. The van der Waals surface area contributed by atoms with Gasteiger partial charge in [-0.2, -0.15) is 14.4 Å². The van der Waals surface area contributed by atoms with Gasteiger partial charge in [0.25, 0.3) is 0 Å². The van der Waals surface area contributed by atoms with Crippen LogP contribution >= 0.6 is 23.1 Å². The molecule has 5 heterocycles.